The van der Waals surface area contributed by atoms with E-state index in [1.807, 2.05) is 19.9 Å². The van der Waals surface area contributed by atoms with Gasteiger partial charge in [0.15, 0.2) is 5.82 Å². The molecule has 2 rings (SSSR count). The maximum atomic E-state index is 11.9. The molecule has 1 aromatic heterocycles. The molecule has 2 heterocycles. The first-order chi connectivity index (χ1) is 8.76. The van der Waals surface area contributed by atoms with Crippen LogP contribution in [0.3, 0.4) is 0 Å². The quantitative estimate of drug-likeness (QED) is 0.822. The van der Waals surface area contributed by atoms with Gasteiger partial charge in [-0.05, 0) is 5.92 Å². The van der Waals surface area contributed by atoms with E-state index in [1.165, 1.54) is 4.90 Å². The van der Waals surface area contributed by atoms with Gasteiger partial charge in [-0.2, -0.15) is 5.10 Å². The van der Waals surface area contributed by atoms with Crippen LogP contribution in [0.2, 0.25) is 0 Å². The van der Waals surface area contributed by atoms with Crippen LogP contribution in [0.15, 0.2) is 6.07 Å². The normalized spacial score (nSPS) is 20.5. The highest BCUT2D eigenvalue weighted by Gasteiger charge is 2.34. The molecule has 1 fully saturated rings. The zero-order valence-corrected chi connectivity index (χ0v) is 11.8. The fraction of sp³-hybridized carbons (Fsp3) is 0.636. The number of rotatable bonds is 4. The molecule has 0 bridgehead atoms. The number of hydrogen-bond donors (Lipinski definition) is 2. The molecule has 1 aliphatic heterocycles. The summed E-state index contributed by atoms with van der Waals surface area (Å²) in [5.74, 6) is 0.290. The lowest BCUT2D eigenvalue weighted by Gasteiger charge is -2.12. The van der Waals surface area contributed by atoms with Gasteiger partial charge in [0.05, 0.1) is 5.75 Å². The topological polar surface area (TPSA) is 109 Å². The number of sulfonamides is 1. The molecule has 0 aromatic carbocycles. The van der Waals surface area contributed by atoms with E-state index in [0.29, 0.717) is 18.3 Å². The van der Waals surface area contributed by atoms with Gasteiger partial charge in [-0.25, -0.2) is 13.6 Å². The molecule has 0 aliphatic carbocycles. The monoisotopic (exact) mass is 286 g/mol. The second-order valence-corrected chi connectivity index (χ2v) is 6.90. The molecule has 19 heavy (non-hydrogen) atoms. The molecule has 7 nitrogen and oxygen atoms in total. The van der Waals surface area contributed by atoms with E-state index in [4.69, 9.17) is 5.14 Å². The maximum Gasteiger partial charge on any atom is 0.228 e. The van der Waals surface area contributed by atoms with Crippen molar-refractivity contribution in [3.8, 4) is 0 Å². The van der Waals surface area contributed by atoms with E-state index in [2.05, 4.69) is 10.2 Å². The Labute approximate surface area is 112 Å². The molecule has 1 unspecified atom stereocenters. The second-order valence-electron chi connectivity index (χ2n) is 5.24. The standard InChI is InChI=1S/C11H18N4O3S/c1-7(2)9-4-10(14-13-9)15-5-8(3-11(15)16)6-19(12,17)18/h4,7-8H,3,5-6H2,1-2H3,(H,13,14)(H2,12,17,18). The smallest absolute Gasteiger partial charge is 0.228 e. The third-order valence-electron chi connectivity index (χ3n) is 3.16. The van der Waals surface area contributed by atoms with Crippen LogP contribution in [0, 0.1) is 5.92 Å². The van der Waals surface area contributed by atoms with E-state index in [1.54, 1.807) is 0 Å². The molecule has 1 atom stereocenters. The third kappa shape index (κ3) is 3.32. The highest BCUT2D eigenvalue weighted by atomic mass is 32.2. The van der Waals surface area contributed by atoms with Gasteiger partial charge in [0.2, 0.25) is 15.9 Å². The Morgan fingerprint density at radius 1 is 1.58 bits per heavy atom. The summed E-state index contributed by atoms with van der Waals surface area (Å²) in [7, 11) is -3.55. The molecule has 1 saturated heterocycles. The number of aromatic amines is 1. The van der Waals surface area contributed by atoms with Crippen LogP contribution in [0.1, 0.15) is 31.9 Å². The second kappa shape index (κ2) is 4.93. The van der Waals surface area contributed by atoms with Crippen LogP contribution < -0.4 is 10.0 Å². The van der Waals surface area contributed by atoms with Crippen LogP contribution in [0.4, 0.5) is 5.82 Å². The first-order valence-corrected chi connectivity index (χ1v) is 7.84. The molecule has 0 saturated carbocycles. The summed E-state index contributed by atoms with van der Waals surface area (Å²) in [5, 5.41) is 12.0. The van der Waals surface area contributed by atoms with Crippen molar-refractivity contribution in [3.05, 3.63) is 11.8 Å². The first-order valence-electron chi connectivity index (χ1n) is 6.12. The minimum Gasteiger partial charge on any atom is -0.295 e. The summed E-state index contributed by atoms with van der Waals surface area (Å²) in [5.41, 5.74) is 0.942. The van der Waals surface area contributed by atoms with Gasteiger partial charge in [0.25, 0.3) is 0 Å². The SMILES string of the molecule is CC(C)c1cc(N2CC(CS(N)(=O)=O)CC2=O)n[nH]1. The number of primary sulfonamides is 1. The molecule has 0 spiro atoms. The highest BCUT2D eigenvalue weighted by Crippen LogP contribution is 2.26. The molecule has 1 amide bonds. The van der Waals surface area contributed by atoms with Crippen LogP contribution in [0.25, 0.3) is 0 Å². The lowest BCUT2D eigenvalue weighted by atomic mass is 10.1. The Kier molecular flexibility index (Phi) is 3.64. The minimum atomic E-state index is -3.55. The fourth-order valence-electron chi connectivity index (χ4n) is 2.20. The zero-order valence-electron chi connectivity index (χ0n) is 11.0. The van der Waals surface area contributed by atoms with Crippen molar-refractivity contribution in [2.45, 2.75) is 26.2 Å². The predicted octanol–water partition coefficient (Wildman–Crippen LogP) is 0.175. The number of hydrogen-bond acceptors (Lipinski definition) is 4. The number of H-pyrrole nitrogens is 1. The average molecular weight is 286 g/mol. The summed E-state index contributed by atoms with van der Waals surface area (Å²) in [6, 6.07) is 1.82. The summed E-state index contributed by atoms with van der Waals surface area (Å²) >= 11 is 0. The molecule has 8 heteroatoms. The number of nitrogens with one attached hydrogen (secondary N) is 1. The van der Waals surface area contributed by atoms with Gasteiger partial charge in [-0.3, -0.25) is 14.8 Å². The van der Waals surface area contributed by atoms with Gasteiger partial charge >= 0.3 is 0 Å². The molecule has 0 radical (unpaired) electrons. The van der Waals surface area contributed by atoms with Crippen molar-refractivity contribution in [1.29, 1.82) is 0 Å². The molecule has 1 aromatic rings. The lowest BCUT2D eigenvalue weighted by molar-refractivity contribution is -0.117. The molecule has 106 valence electrons. The summed E-state index contributed by atoms with van der Waals surface area (Å²) < 4.78 is 22.1. The van der Waals surface area contributed by atoms with Crippen molar-refractivity contribution in [2.24, 2.45) is 11.1 Å². The Morgan fingerprint density at radius 3 is 2.79 bits per heavy atom. The molecule has 1 aliphatic rings. The zero-order chi connectivity index (χ0) is 14.2. The van der Waals surface area contributed by atoms with E-state index in [-0.39, 0.29) is 24.0 Å². The number of amides is 1. The van der Waals surface area contributed by atoms with E-state index >= 15 is 0 Å². The Balaban J connectivity index is 2.11. The predicted molar refractivity (Wildman–Crippen MR) is 71.1 cm³/mol. The van der Waals surface area contributed by atoms with Crippen molar-refractivity contribution in [2.75, 3.05) is 17.2 Å². The van der Waals surface area contributed by atoms with Crippen molar-refractivity contribution in [3.63, 3.8) is 0 Å². The van der Waals surface area contributed by atoms with Crippen molar-refractivity contribution in [1.82, 2.24) is 10.2 Å². The van der Waals surface area contributed by atoms with Gasteiger partial charge in [-0.15, -0.1) is 0 Å². The molecular weight excluding hydrogens is 268 g/mol. The van der Waals surface area contributed by atoms with Gasteiger partial charge < -0.3 is 0 Å². The van der Waals surface area contributed by atoms with Gasteiger partial charge in [0, 0.05) is 30.6 Å². The van der Waals surface area contributed by atoms with Crippen LogP contribution in [0.5, 0.6) is 0 Å². The number of carbonyl (C=O) groups excluding carboxylic acids is 1. The summed E-state index contributed by atoms with van der Waals surface area (Å²) in [4.78, 5) is 13.4. The minimum absolute atomic E-state index is 0.115. The first kappa shape index (κ1) is 14.0. The maximum absolute atomic E-state index is 11.9. The third-order valence-corrected chi connectivity index (χ3v) is 4.09. The van der Waals surface area contributed by atoms with Crippen molar-refractivity contribution < 1.29 is 13.2 Å². The largest absolute Gasteiger partial charge is 0.295 e. The lowest BCUT2D eigenvalue weighted by Crippen LogP contribution is -2.27. The number of nitrogens with two attached hydrogens (primary N) is 1. The Bertz CT molecular complexity index is 579. The number of aromatic nitrogens is 2. The number of carbonyl (C=O) groups is 1. The van der Waals surface area contributed by atoms with E-state index in [9.17, 15) is 13.2 Å². The van der Waals surface area contributed by atoms with E-state index < -0.39 is 10.0 Å². The fourth-order valence-corrected chi connectivity index (χ4v) is 3.08. The number of anilines is 1. The van der Waals surface area contributed by atoms with Crippen LogP contribution in [-0.4, -0.2) is 36.8 Å². The van der Waals surface area contributed by atoms with Crippen molar-refractivity contribution >= 4 is 21.7 Å². The molecule has 3 N–H and O–H groups in total. The number of nitrogens with zero attached hydrogens (tertiary/aromatic N) is 2. The van der Waals surface area contributed by atoms with Crippen LogP contribution in [-0.2, 0) is 14.8 Å². The Hall–Kier alpha value is -1.41. The molecular formula is C11H18N4O3S. The van der Waals surface area contributed by atoms with Gasteiger partial charge in [0.1, 0.15) is 0 Å². The van der Waals surface area contributed by atoms with Gasteiger partial charge in [-0.1, -0.05) is 13.8 Å². The van der Waals surface area contributed by atoms with E-state index in [0.717, 1.165) is 5.69 Å². The van der Waals surface area contributed by atoms with Crippen LogP contribution >= 0.6 is 0 Å². The summed E-state index contributed by atoms with van der Waals surface area (Å²) in [6.45, 7) is 4.39. The summed E-state index contributed by atoms with van der Waals surface area (Å²) in [6.07, 6.45) is 0.195. The average Bonchev–Trinajstić information content (AvgIpc) is 2.82. The highest BCUT2D eigenvalue weighted by molar-refractivity contribution is 7.89. The Morgan fingerprint density at radius 2 is 2.26 bits per heavy atom.